The lowest BCUT2D eigenvalue weighted by Gasteiger charge is -2.30. The van der Waals surface area contributed by atoms with Crippen molar-refractivity contribution in [2.45, 2.75) is 25.4 Å². The molecule has 7 nitrogen and oxygen atoms in total. The number of carbonyl (C=O) groups excluding carboxylic acids is 1. The van der Waals surface area contributed by atoms with E-state index >= 15 is 0 Å². The Kier molecular flexibility index (Phi) is 6.92. The summed E-state index contributed by atoms with van der Waals surface area (Å²) in [5.41, 5.74) is 0.921. The second-order valence-corrected chi connectivity index (χ2v) is 5.96. The van der Waals surface area contributed by atoms with Crippen LogP contribution in [0.15, 0.2) is 34.9 Å². The number of nitrogens with zero attached hydrogens (tertiary/aromatic N) is 3. The van der Waals surface area contributed by atoms with Crippen LogP contribution in [0.1, 0.15) is 42.7 Å². The molecule has 0 bridgehead atoms. The van der Waals surface area contributed by atoms with E-state index in [0.717, 1.165) is 25.2 Å². The van der Waals surface area contributed by atoms with Gasteiger partial charge in [-0.25, -0.2) is 0 Å². The second kappa shape index (κ2) is 8.94. The molecule has 1 aliphatic heterocycles. The van der Waals surface area contributed by atoms with Crippen molar-refractivity contribution in [3.63, 3.8) is 0 Å². The number of benzene rings is 1. The maximum absolute atomic E-state index is 11.9. The van der Waals surface area contributed by atoms with Crippen molar-refractivity contribution in [2.24, 2.45) is 0 Å². The van der Waals surface area contributed by atoms with Gasteiger partial charge in [0, 0.05) is 26.1 Å². The Bertz CT molecular complexity index is 679. The molecule has 3 rings (SSSR count). The summed E-state index contributed by atoms with van der Waals surface area (Å²) in [6, 6.07) is 9.32. The van der Waals surface area contributed by atoms with Crippen molar-refractivity contribution < 1.29 is 9.32 Å². The molecule has 2 unspecified atom stereocenters. The van der Waals surface area contributed by atoms with E-state index < -0.39 is 6.04 Å². The highest BCUT2D eigenvalue weighted by molar-refractivity contribution is 5.85. The summed E-state index contributed by atoms with van der Waals surface area (Å²) in [5.74, 6) is 1.00. The van der Waals surface area contributed by atoms with Crippen LogP contribution in [0.4, 0.5) is 0 Å². The molecular formula is C17H24ClN5O2. The number of halogens is 1. The predicted octanol–water partition coefficient (Wildman–Crippen LogP) is 1.68. The molecule has 2 atom stereocenters. The van der Waals surface area contributed by atoms with Crippen LogP contribution in [-0.2, 0) is 4.79 Å². The van der Waals surface area contributed by atoms with Crippen molar-refractivity contribution >= 4 is 18.3 Å². The van der Waals surface area contributed by atoms with E-state index in [2.05, 4.69) is 32.7 Å². The number of nitrogens with one attached hydrogen (secondary N) is 2. The Morgan fingerprint density at radius 1 is 1.44 bits per heavy atom. The van der Waals surface area contributed by atoms with Crippen LogP contribution >= 0.6 is 12.4 Å². The van der Waals surface area contributed by atoms with Gasteiger partial charge in [0.15, 0.2) is 5.82 Å². The van der Waals surface area contributed by atoms with E-state index in [-0.39, 0.29) is 24.4 Å². The highest BCUT2D eigenvalue weighted by atomic mass is 35.5. The van der Waals surface area contributed by atoms with Crippen molar-refractivity contribution in [3.8, 4) is 0 Å². The fourth-order valence-corrected chi connectivity index (χ4v) is 2.79. The molecule has 2 heterocycles. The first-order chi connectivity index (χ1) is 11.7. The Labute approximate surface area is 153 Å². The Morgan fingerprint density at radius 2 is 2.20 bits per heavy atom. The van der Waals surface area contributed by atoms with Crippen LogP contribution in [0, 0.1) is 0 Å². The van der Waals surface area contributed by atoms with Gasteiger partial charge in [0.2, 0.25) is 5.91 Å². The third-order valence-corrected chi connectivity index (χ3v) is 4.27. The minimum atomic E-state index is -0.429. The van der Waals surface area contributed by atoms with Crippen LogP contribution in [0.5, 0.6) is 0 Å². The van der Waals surface area contributed by atoms with Gasteiger partial charge in [-0.1, -0.05) is 42.4 Å². The minimum absolute atomic E-state index is 0. The molecule has 0 radical (unpaired) electrons. The van der Waals surface area contributed by atoms with E-state index in [9.17, 15) is 4.79 Å². The molecule has 1 aliphatic rings. The maximum Gasteiger partial charge on any atom is 0.253 e. The van der Waals surface area contributed by atoms with Gasteiger partial charge in [0.05, 0.1) is 6.04 Å². The number of aromatic nitrogens is 2. The summed E-state index contributed by atoms with van der Waals surface area (Å²) in [5, 5.41) is 10.5. The number of rotatable bonds is 5. The van der Waals surface area contributed by atoms with Gasteiger partial charge in [-0.3, -0.25) is 9.69 Å². The zero-order chi connectivity index (χ0) is 16.9. The lowest BCUT2D eigenvalue weighted by molar-refractivity contribution is -0.121. The SMILES string of the molecule is CCC(=O)NC(c1ccccc1)c1nc(C2CNCCN2C)no1.Cl. The van der Waals surface area contributed by atoms with Gasteiger partial charge in [0.1, 0.15) is 6.04 Å². The molecule has 8 heteroatoms. The molecule has 2 aromatic rings. The van der Waals surface area contributed by atoms with Crippen LogP contribution in [0.25, 0.3) is 0 Å². The van der Waals surface area contributed by atoms with Gasteiger partial charge in [-0.2, -0.15) is 4.98 Å². The zero-order valence-corrected chi connectivity index (χ0v) is 15.3. The monoisotopic (exact) mass is 365 g/mol. The van der Waals surface area contributed by atoms with Crippen molar-refractivity contribution in [1.29, 1.82) is 0 Å². The molecule has 0 saturated carbocycles. The molecule has 1 amide bonds. The highest BCUT2D eigenvalue weighted by Gasteiger charge is 2.28. The number of likely N-dealkylation sites (N-methyl/N-ethyl adjacent to an activating group) is 1. The topological polar surface area (TPSA) is 83.3 Å². The largest absolute Gasteiger partial charge is 0.341 e. The lowest BCUT2D eigenvalue weighted by Crippen LogP contribution is -2.44. The van der Waals surface area contributed by atoms with Crippen molar-refractivity contribution in [3.05, 3.63) is 47.6 Å². The Balaban J connectivity index is 0.00000225. The van der Waals surface area contributed by atoms with Crippen molar-refractivity contribution in [2.75, 3.05) is 26.7 Å². The second-order valence-electron chi connectivity index (χ2n) is 5.96. The third-order valence-electron chi connectivity index (χ3n) is 4.27. The molecule has 0 aliphatic carbocycles. The first-order valence-electron chi connectivity index (χ1n) is 8.27. The van der Waals surface area contributed by atoms with Crippen LogP contribution < -0.4 is 10.6 Å². The first kappa shape index (κ1) is 19.4. The normalized spacial score (nSPS) is 19.0. The fourth-order valence-electron chi connectivity index (χ4n) is 2.79. The molecular weight excluding hydrogens is 342 g/mol. The number of hydrogen-bond donors (Lipinski definition) is 2. The molecule has 1 aromatic carbocycles. The summed E-state index contributed by atoms with van der Waals surface area (Å²) in [6.45, 7) is 4.49. The van der Waals surface area contributed by atoms with Gasteiger partial charge >= 0.3 is 0 Å². The molecule has 0 spiro atoms. The van der Waals surface area contributed by atoms with Gasteiger partial charge < -0.3 is 15.2 Å². The fraction of sp³-hybridized carbons (Fsp3) is 0.471. The number of amides is 1. The van der Waals surface area contributed by atoms with Crippen LogP contribution in [0.2, 0.25) is 0 Å². The average Bonchev–Trinajstić information content (AvgIpc) is 3.10. The standard InChI is InChI=1S/C17H23N5O2.ClH/c1-3-14(23)19-15(12-7-5-4-6-8-12)17-20-16(21-24-17)13-11-18-9-10-22(13)2;/h4-8,13,15,18H,3,9-11H2,1-2H3,(H,19,23);1H. The molecule has 2 N–H and O–H groups in total. The molecule has 1 aromatic heterocycles. The van der Waals surface area contributed by atoms with E-state index in [4.69, 9.17) is 4.52 Å². The summed E-state index contributed by atoms with van der Waals surface area (Å²) in [7, 11) is 2.05. The molecule has 136 valence electrons. The smallest absolute Gasteiger partial charge is 0.253 e. The molecule has 1 fully saturated rings. The van der Waals surface area contributed by atoms with Gasteiger partial charge in [0.25, 0.3) is 5.89 Å². The van der Waals surface area contributed by atoms with E-state index in [1.165, 1.54) is 0 Å². The van der Waals surface area contributed by atoms with E-state index in [1.54, 1.807) is 0 Å². The van der Waals surface area contributed by atoms with Gasteiger partial charge in [-0.05, 0) is 12.6 Å². The minimum Gasteiger partial charge on any atom is -0.341 e. The first-order valence-corrected chi connectivity index (χ1v) is 8.27. The maximum atomic E-state index is 11.9. The summed E-state index contributed by atoms with van der Waals surface area (Å²) in [4.78, 5) is 18.7. The third kappa shape index (κ3) is 4.56. The molecule has 1 saturated heterocycles. The summed E-state index contributed by atoms with van der Waals surface area (Å²) in [6.07, 6.45) is 0.402. The Hall–Kier alpha value is -1.96. The van der Waals surface area contributed by atoms with Crippen molar-refractivity contribution in [1.82, 2.24) is 25.7 Å². The van der Waals surface area contributed by atoms with E-state index in [0.29, 0.717) is 18.1 Å². The Morgan fingerprint density at radius 3 is 2.88 bits per heavy atom. The quantitative estimate of drug-likeness (QED) is 0.838. The van der Waals surface area contributed by atoms with Gasteiger partial charge in [-0.15, -0.1) is 12.4 Å². The lowest BCUT2D eigenvalue weighted by atomic mass is 10.1. The van der Waals surface area contributed by atoms with E-state index in [1.807, 2.05) is 37.3 Å². The zero-order valence-electron chi connectivity index (χ0n) is 14.4. The van der Waals surface area contributed by atoms with Crippen LogP contribution in [-0.4, -0.2) is 47.6 Å². The highest BCUT2D eigenvalue weighted by Crippen LogP contribution is 2.24. The van der Waals surface area contributed by atoms with Crippen LogP contribution in [0.3, 0.4) is 0 Å². The number of hydrogen-bond acceptors (Lipinski definition) is 6. The predicted molar refractivity (Wildman–Crippen MR) is 96.5 cm³/mol. The average molecular weight is 366 g/mol. The number of piperazine rings is 1. The summed E-state index contributed by atoms with van der Waals surface area (Å²) < 4.78 is 5.50. The molecule has 25 heavy (non-hydrogen) atoms. The summed E-state index contributed by atoms with van der Waals surface area (Å²) >= 11 is 0. The number of carbonyl (C=O) groups is 1.